The summed E-state index contributed by atoms with van der Waals surface area (Å²) < 4.78 is 23.8. The summed E-state index contributed by atoms with van der Waals surface area (Å²) in [6.07, 6.45) is 0.790. The zero-order valence-corrected chi connectivity index (χ0v) is 15.5. The second-order valence-corrected chi connectivity index (χ2v) is 5.65. The molecule has 0 saturated carbocycles. The number of halogens is 1. The third-order valence-electron chi connectivity index (χ3n) is 3.83. The first-order valence-electron chi connectivity index (χ1n) is 8.65. The van der Waals surface area contributed by atoms with Gasteiger partial charge in [-0.1, -0.05) is 18.2 Å². The average molecular weight is 359 g/mol. The van der Waals surface area contributed by atoms with E-state index in [1.165, 1.54) is 12.1 Å². The number of hydrogen-bond donors (Lipinski definition) is 2. The average Bonchev–Trinajstić information content (AvgIpc) is 2.67. The summed E-state index contributed by atoms with van der Waals surface area (Å²) in [5.41, 5.74) is 2.14. The fourth-order valence-corrected chi connectivity index (χ4v) is 2.48. The minimum atomic E-state index is -0.218. The van der Waals surface area contributed by atoms with Gasteiger partial charge in [-0.15, -0.1) is 0 Å². The van der Waals surface area contributed by atoms with Gasteiger partial charge in [-0.3, -0.25) is 4.99 Å². The van der Waals surface area contributed by atoms with Crippen LogP contribution in [0, 0.1) is 5.82 Å². The van der Waals surface area contributed by atoms with Gasteiger partial charge in [0.1, 0.15) is 5.82 Å². The number of nitrogens with zero attached hydrogens (tertiary/aromatic N) is 1. The number of guanidine groups is 1. The minimum Gasteiger partial charge on any atom is -0.493 e. The lowest BCUT2D eigenvalue weighted by atomic mass is 10.1. The highest BCUT2D eigenvalue weighted by Crippen LogP contribution is 2.27. The first kappa shape index (κ1) is 19.6. The maximum Gasteiger partial charge on any atom is 0.191 e. The van der Waals surface area contributed by atoms with Crippen molar-refractivity contribution in [3.8, 4) is 11.5 Å². The van der Waals surface area contributed by atoms with Crippen molar-refractivity contribution in [3.63, 3.8) is 0 Å². The number of benzene rings is 2. The molecule has 0 spiro atoms. The van der Waals surface area contributed by atoms with Crippen molar-refractivity contribution in [1.82, 2.24) is 10.6 Å². The number of methoxy groups -OCH3 is 1. The fourth-order valence-electron chi connectivity index (χ4n) is 2.48. The Morgan fingerprint density at radius 3 is 2.42 bits per heavy atom. The first-order chi connectivity index (χ1) is 12.7. The summed E-state index contributed by atoms with van der Waals surface area (Å²) in [6, 6.07) is 12.4. The van der Waals surface area contributed by atoms with Crippen LogP contribution in [-0.2, 0) is 13.0 Å². The SMILES string of the molecule is CCOc1ccc(CNC(=NC)NCCc2ccc(F)cc2)cc1OC. The van der Waals surface area contributed by atoms with E-state index in [4.69, 9.17) is 9.47 Å². The van der Waals surface area contributed by atoms with Crippen LogP contribution in [0.1, 0.15) is 18.1 Å². The lowest BCUT2D eigenvalue weighted by Crippen LogP contribution is -2.37. The number of aliphatic imine (C=N–C) groups is 1. The largest absolute Gasteiger partial charge is 0.493 e. The lowest BCUT2D eigenvalue weighted by molar-refractivity contribution is 0.310. The van der Waals surface area contributed by atoms with Crippen molar-refractivity contribution in [2.24, 2.45) is 4.99 Å². The molecule has 0 atom stereocenters. The van der Waals surface area contributed by atoms with E-state index in [0.29, 0.717) is 31.4 Å². The van der Waals surface area contributed by atoms with Gasteiger partial charge in [0, 0.05) is 20.1 Å². The molecule has 0 bridgehead atoms. The van der Waals surface area contributed by atoms with Gasteiger partial charge in [-0.25, -0.2) is 4.39 Å². The predicted molar refractivity (Wildman–Crippen MR) is 102 cm³/mol. The van der Waals surface area contributed by atoms with Gasteiger partial charge < -0.3 is 20.1 Å². The van der Waals surface area contributed by atoms with Crippen molar-refractivity contribution >= 4 is 5.96 Å². The predicted octanol–water partition coefficient (Wildman–Crippen LogP) is 3.14. The van der Waals surface area contributed by atoms with Crippen LogP contribution < -0.4 is 20.1 Å². The molecule has 0 aliphatic rings. The third-order valence-corrected chi connectivity index (χ3v) is 3.83. The quantitative estimate of drug-likeness (QED) is 0.562. The second kappa shape index (κ2) is 10.3. The van der Waals surface area contributed by atoms with Crippen molar-refractivity contribution in [1.29, 1.82) is 0 Å². The molecule has 0 unspecified atom stereocenters. The fraction of sp³-hybridized carbons (Fsp3) is 0.350. The van der Waals surface area contributed by atoms with E-state index in [1.54, 1.807) is 26.3 Å². The van der Waals surface area contributed by atoms with E-state index in [2.05, 4.69) is 15.6 Å². The zero-order chi connectivity index (χ0) is 18.8. The Morgan fingerprint density at radius 1 is 1.04 bits per heavy atom. The molecule has 2 N–H and O–H groups in total. The number of rotatable bonds is 8. The monoisotopic (exact) mass is 359 g/mol. The Hall–Kier alpha value is -2.76. The molecule has 0 aliphatic carbocycles. The van der Waals surface area contributed by atoms with Gasteiger partial charge in [0.05, 0.1) is 13.7 Å². The Bertz CT molecular complexity index is 717. The summed E-state index contributed by atoms with van der Waals surface area (Å²) in [5.74, 6) is 1.94. The minimum absolute atomic E-state index is 0.218. The molecule has 0 saturated heterocycles. The molecule has 2 aromatic carbocycles. The van der Waals surface area contributed by atoms with E-state index in [9.17, 15) is 4.39 Å². The van der Waals surface area contributed by atoms with E-state index in [1.807, 2.05) is 25.1 Å². The number of ether oxygens (including phenoxy) is 2. The normalized spacial score (nSPS) is 11.2. The Labute approximate surface area is 154 Å². The highest BCUT2D eigenvalue weighted by molar-refractivity contribution is 5.79. The van der Waals surface area contributed by atoms with Gasteiger partial charge >= 0.3 is 0 Å². The van der Waals surface area contributed by atoms with E-state index >= 15 is 0 Å². The molecule has 0 heterocycles. The van der Waals surface area contributed by atoms with Crippen LogP contribution in [0.3, 0.4) is 0 Å². The lowest BCUT2D eigenvalue weighted by Gasteiger charge is -2.14. The van der Waals surface area contributed by atoms with Crippen molar-refractivity contribution < 1.29 is 13.9 Å². The summed E-state index contributed by atoms with van der Waals surface area (Å²) in [6.45, 7) is 3.85. The van der Waals surface area contributed by atoms with E-state index < -0.39 is 0 Å². The molecular formula is C20H26FN3O2. The second-order valence-electron chi connectivity index (χ2n) is 5.65. The standard InChI is InChI=1S/C20H26FN3O2/c1-4-26-18-10-7-16(13-19(18)25-3)14-24-20(22-2)23-12-11-15-5-8-17(21)9-6-15/h5-10,13H,4,11-12,14H2,1-3H3,(H2,22,23,24). The van der Waals surface area contributed by atoms with Crippen LogP contribution in [0.2, 0.25) is 0 Å². The number of nitrogens with one attached hydrogen (secondary N) is 2. The van der Waals surface area contributed by atoms with E-state index in [0.717, 1.165) is 23.3 Å². The van der Waals surface area contributed by atoms with Gasteiger partial charge in [0.15, 0.2) is 17.5 Å². The third kappa shape index (κ3) is 5.95. The molecular weight excluding hydrogens is 333 g/mol. The molecule has 26 heavy (non-hydrogen) atoms. The van der Waals surface area contributed by atoms with Gasteiger partial charge in [-0.2, -0.15) is 0 Å². The highest BCUT2D eigenvalue weighted by atomic mass is 19.1. The molecule has 0 fully saturated rings. The summed E-state index contributed by atoms with van der Waals surface area (Å²) in [4.78, 5) is 4.22. The summed E-state index contributed by atoms with van der Waals surface area (Å²) in [7, 11) is 3.36. The molecule has 0 amide bonds. The number of hydrogen-bond acceptors (Lipinski definition) is 3. The summed E-state index contributed by atoms with van der Waals surface area (Å²) in [5, 5.41) is 6.52. The van der Waals surface area contributed by atoms with Crippen LogP contribution >= 0.6 is 0 Å². The van der Waals surface area contributed by atoms with Crippen LogP contribution in [-0.4, -0.2) is 33.3 Å². The maximum atomic E-state index is 12.9. The highest BCUT2D eigenvalue weighted by Gasteiger charge is 2.06. The van der Waals surface area contributed by atoms with Gasteiger partial charge in [-0.05, 0) is 48.7 Å². The molecule has 6 heteroatoms. The Morgan fingerprint density at radius 2 is 1.77 bits per heavy atom. The van der Waals surface area contributed by atoms with Crippen molar-refractivity contribution in [3.05, 3.63) is 59.4 Å². The van der Waals surface area contributed by atoms with Crippen LogP contribution in [0.25, 0.3) is 0 Å². The molecule has 0 aromatic heterocycles. The van der Waals surface area contributed by atoms with Gasteiger partial charge in [0.25, 0.3) is 0 Å². The Kier molecular flexibility index (Phi) is 7.74. The van der Waals surface area contributed by atoms with E-state index in [-0.39, 0.29) is 5.82 Å². The first-order valence-corrected chi connectivity index (χ1v) is 8.65. The van der Waals surface area contributed by atoms with Crippen LogP contribution in [0.15, 0.2) is 47.5 Å². The van der Waals surface area contributed by atoms with Crippen LogP contribution in [0.4, 0.5) is 4.39 Å². The smallest absolute Gasteiger partial charge is 0.191 e. The molecule has 5 nitrogen and oxygen atoms in total. The molecule has 0 aliphatic heterocycles. The molecule has 2 rings (SSSR count). The molecule has 2 aromatic rings. The Balaban J connectivity index is 1.83. The van der Waals surface area contributed by atoms with Crippen molar-refractivity contribution in [2.75, 3.05) is 27.3 Å². The molecule has 140 valence electrons. The maximum absolute atomic E-state index is 12.9. The topological polar surface area (TPSA) is 54.9 Å². The zero-order valence-electron chi connectivity index (χ0n) is 15.5. The van der Waals surface area contributed by atoms with Crippen LogP contribution in [0.5, 0.6) is 11.5 Å². The summed E-state index contributed by atoms with van der Waals surface area (Å²) >= 11 is 0. The molecule has 0 radical (unpaired) electrons. The van der Waals surface area contributed by atoms with Gasteiger partial charge in [0.2, 0.25) is 0 Å². The van der Waals surface area contributed by atoms with Crippen molar-refractivity contribution in [2.45, 2.75) is 19.9 Å².